The Kier molecular flexibility index (Phi) is 4.68. The number of halogens is 3. The molecule has 0 aliphatic rings. The van der Waals surface area contributed by atoms with E-state index in [4.69, 9.17) is 0 Å². The summed E-state index contributed by atoms with van der Waals surface area (Å²) in [6.07, 6.45) is -2.02. The van der Waals surface area contributed by atoms with Crippen LogP contribution in [0.3, 0.4) is 0 Å². The van der Waals surface area contributed by atoms with Gasteiger partial charge in [-0.05, 0) is 0 Å². The Balaban J connectivity index is 3.50. The van der Waals surface area contributed by atoms with Crippen LogP contribution in [0.2, 0.25) is 0 Å². The zero-order valence-corrected chi connectivity index (χ0v) is 6.48. The maximum absolute atomic E-state index is 11.3. The lowest BCUT2D eigenvalue weighted by molar-refractivity contribution is 0.105. The number of hydroxylamine groups is 1. The molecule has 0 aromatic carbocycles. The van der Waals surface area contributed by atoms with Crippen molar-refractivity contribution in [2.75, 3.05) is 4.55 Å². The van der Waals surface area contributed by atoms with Crippen LogP contribution in [0.15, 0.2) is 12.0 Å². The summed E-state index contributed by atoms with van der Waals surface area (Å²) in [7, 11) is 0. The van der Waals surface area contributed by atoms with Gasteiger partial charge in [-0.25, -0.2) is 0 Å². The van der Waals surface area contributed by atoms with Crippen molar-refractivity contribution in [3.8, 4) is 0 Å². The molecule has 0 saturated carbocycles. The minimum absolute atomic E-state index is 0.395. The highest BCUT2D eigenvalue weighted by Crippen LogP contribution is 2.00. The van der Waals surface area contributed by atoms with E-state index in [2.05, 4.69) is 16.1 Å². The highest BCUT2D eigenvalue weighted by atomic mass is 127. The van der Waals surface area contributed by atoms with Crippen LogP contribution in [0, 0.1) is 0 Å². The van der Waals surface area contributed by atoms with Gasteiger partial charge in [-0.2, -0.15) is 8.78 Å². The fourth-order valence-corrected chi connectivity index (χ4v) is 0.299. The lowest BCUT2D eigenvalue weighted by Crippen LogP contribution is -2.16. The maximum atomic E-state index is 11.3. The van der Waals surface area contributed by atoms with Gasteiger partial charge < -0.3 is 10.6 Å². The lowest BCUT2D eigenvalue weighted by atomic mass is 10.9. The summed E-state index contributed by atoms with van der Waals surface area (Å²) in [4.78, 5) is 4.10. The van der Waals surface area contributed by atoms with E-state index in [9.17, 15) is 8.78 Å². The van der Waals surface area contributed by atoms with Crippen molar-refractivity contribution in [3.05, 3.63) is 12.0 Å². The molecule has 9 heavy (non-hydrogen) atoms. The number of alkyl halides is 1. The molecule has 0 aliphatic heterocycles. The van der Waals surface area contributed by atoms with Gasteiger partial charge in [0.2, 0.25) is 0 Å². The average molecular weight is 250 g/mol. The minimum atomic E-state index is -2.02. The predicted octanol–water partition coefficient (Wildman–Crippen LogP) is 0.924. The zero-order valence-electron chi connectivity index (χ0n) is 4.33. The van der Waals surface area contributed by atoms with Crippen molar-refractivity contribution >= 4 is 22.6 Å². The largest absolute Gasteiger partial charge is 0.384 e. The van der Waals surface area contributed by atoms with Gasteiger partial charge >= 0.3 is 6.08 Å². The summed E-state index contributed by atoms with van der Waals surface area (Å²) in [6, 6.07) is 0. The highest BCUT2D eigenvalue weighted by molar-refractivity contribution is 14.1. The highest BCUT2D eigenvalue weighted by Gasteiger charge is 1.99. The van der Waals surface area contributed by atoms with Crippen LogP contribution in [-0.4, -0.2) is 4.55 Å². The number of hydrogen-bond donors (Lipinski definition) is 2. The first-order valence-electron chi connectivity index (χ1n) is 1.95. The van der Waals surface area contributed by atoms with Crippen molar-refractivity contribution in [1.82, 2.24) is 5.48 Å². The molecule has 54 valence electrons. The Hall–Kier alpha value is -0.110. The molecule has 0 atom stereocenters. The molecule has 0 bridgehead atoms. The average Bonchev–Trinajstić information content (AvgIpc) is 1.82. The smallest absolute Gasteiger partial charge is 0.331 e. The van der Waals surface area contributed by atoms with E-state index in [1.165, 1.54) is 0 Å². The van der Waals surface area contributed by atoms with E-state index < -0.39 is 12.0 Å². The maximum Gasteiger partial charge on any atom is 0.331 e. The Bertz CT molecular complexity index is 114. The number of nitrogens with one attached hydrogen (secondary N) is 1. The van der Waals surface area contributed by atoms with Gasteiger partial charge in [-0.1, -0.05) is 22.6 Å². The number of rotatable bonds is 3. The standard InChI is InChI=1S/C3H5F2IN2O/c4-2(5)3(7)9-8-1-6/h8H,1,7H2. The first-order chi connectivity index (χ1) is 4.18. The van der Waals surface area contributed by atoms with Crippen molar-refractivity contribution in [3.63, 3.8) is 0 Å². The summed E-state index contributed by atoms with van der Waals surface area (Å²) in [6.45, 7) is 0. The number of nitrogens with two attached hydrogens (primary N) is 1. The first kappa shape index (κ1) is 8.89. The molecule has 0 aromatic heterocycles. The van der Waals surface area contributed by atoms with Crippen molar-refractivity contribution in [1.29, 1.82) is 0 Å². The van der Waals surface area contributed by atoms with E-state index in [0.29, 0.717) is 4.55 Å². The second-order valence-electron chi connectivity index (χ2n) is 1.00. The van der Waals surface area contributed by atoms with Crippen LogP contribution >= 0.6 is 22.6 Å². The third-order valence-electron chi connectivity index (χ3n) is 0.423. The van der Waals surface area contributed by atoms with E-state index >= 15 is 0 Å². The van der Waals surface area contributed by atoms with Gasteiger partial charge in [0.1, 0.15) is 0 Å². The zero-order chi connectivity index (χ0) is 7.28. The molecule has 0 aliphatic carbocycles. The van der Waals surface area contributed by atoms with Crippen LogP contribution in [0.25, 0.3) is 0 Å². The molecule has 0 amide bonds. The van der Waals surface area contributed by atoms with Crippen LogP contribution in [0.5, 0.6) is 0 Å². The Morgan fingerprint density at radius 3 is 2.56 bits per heavy atom. The van der Waals surface area contributed by atoms with Gasteiger partial charge in [0.25, 0.3) is 5.88 Å². The van der Waals surface area contributed by atoms with Crippen LogP contribution in [-0.2, 0) is 4.84 Å². The fraction of sp³-hybridized carbons (Fsp3) is 0.333. The molecule has 0 fully saturated rings. The summed E-state index contributed by atoms with van der Waals surface area (Å²) in [5.74, 6) is -0.883. The summed E-state index contributed by atoms with van der Waals surface area (Å²) >= 11 is 1.89. The molecule has 0 radical (unpaired) electrons. The molecule has 0 rings (SSSR count). The Morgan fingerprint density at radius 1 is 1.67 bits per heavy atom. The van der Waals surface area contributed by atoms with Gasteiger partial charge in [-0.3, -0.25) is 0 Å². The second-order valence-corrected chi connectivity index (χ2v) is 1.77. The SMILES string of the molecule is NC(ONCI)=C(F)F. The molecule has 0 saturated heterocycles. The van der Waals surface area contributed by atoms with Crippen molar-refractivity contribution in [2.45, 2.75) is 0 Å². The van der Waals surface area contributed by atoms with E-state index in [1.807, 2.05) is 22.6 Å². The summed E-state index contributed by atoms with van der Waals surface area (Å²) in [5, 5.41) is 0. The normalized spacial score (nSPS) is 8.78. The molecular formula is C3H5F2IN2O. The molecule has 0 heterocycles. The van der Waals surface area contributed by atoms with E-state index in [-0.39, 0.29) is 0 Å². The molecular weight excluding hydrogens is 245 g/mol. The van der Waals surface area contributed by atoms with E-state index in [0.717, 1.165) is 0 Å². The van der Waals surface area contributed by atoms with Crippen molar-refractivity contribution in [2.24, 2.45) is 5.73 Å². The lowest BCUT2D eigenvalue weighted by Gasteiger charge is -2.00. The molecule has 6 heteroatoms. The van der Waals surface area contributed by atoms with Crippen molar-refractivity contribution < 1.29 is 13.6 Å². The topological polar surface area (TPSA) is 47.3 Å². The number of hydrogen-bond acceptors (Lipinski definition) is 3. The summed E-state index contributed by atoms with van der Waals surface area (Å²) in [5.41, 5.74) is 6.80. The quantitative estimate of drug-likeness (QED) is 0.257. The van der Waals surface area contributed by atoms with Crippen LogP contribution in [0.1, 0.15) is 0 Å². The summed E-state index contributed by atoms with van der Waals surface area (Å²) < 4.78 is 23.1. The van der Waals surface area contributed by atoms with Gasteiger partial charge in [0, 0.05) is 0 Å². The second kappa shape index (κ2) is 4.74. The van der Waals surface area contributed by atoms with Gasteiger partial charge in [0.15, 0.2) is 0 Å². The third kappa shape index (κ3) is 4.40. The Labute approximate surface area is 64.3 Å². The predicted molar refractivity (Wildman–Crippen MR) is 36.5 cm³/mol. The molecule has 0 unspecified atom stereocenters. The minimum Gasteiger partial charge on any atom is -0.384 e. The first-order valence-corrected chi connectivity index (χ1v) is 3.47. The molecule has 0 spiro atoms. The molecule has 3 nitrogen and oxygen atoms in total. The van der Waals surface area contributed by atoms with E-state index in [1.54, 1.807) is 0 Å². The molecule has 3 N–H and O–H groups in total. The Morgan fingerprint density at radius 2 is 2.22 bits per heavy atom. The monoisotopic (exact) mass is 250 g/mol. The third-order valence-corrected chi connectivity index (χ3v) is 0.734. The van der Waals surface area contributed by atoms with Crippen LogP contribution < -0.4 is 11.2 Å². The fourth-order valence-electron chi connectivity index (χ4n) is 0.144. The van der Waals surface area contributed by atoms with Gasteiger partial charge in [-0.15, -0.1) is 5.48 Å². The van der Waals surface area contributed by atoms with Gasteiger partial charge in [0.05, 0.1) is 4.55 Å². The molecule has 0 aromatic rings. The van der Waals surface area contributed by atoms with Crippen LogP contribution in [0.4, 0.5) is 8.78 Å².